The molecule has 0 aliphatic rings. The third kappa shape index (κ3) is 5.09. The molecule has 12 heavy (non-hydrogen) atoms. The number of amides is 1. The third-order valence-electron chi connectivity index (χ3n) is 1.61. The first-order valence-corrected chi connectivity index (χ1v) is 4.06. The first-order chi connectivity index (χ1) is 5.57. The van der Waals surface area contributed by atoms with Crippen LogP contribution in [0.4, 0.5) is 0 Å². The van der Waals surface area contributed by atoms with Crippen molar-refractivity contribution in [2.45, 2.75) is 19.4 Å². The van der Waals surface area contributed by atoms with Gasteiger partial charge in [0.05, 0.1) is 0 Å². The number of hydrogen-bond acceptors (Lipinski definition) is 3. The molecule has 2 N–H and O–H groups in total. The minimum Gasteiger partial charge on any atom is -0.375 e. The average Bonchev–Trinajstić information content (AvgIpc) is 2.00. The summed E-state index contributed by atoms with van der Waals surface area (Å²) in [6.45, 7) is 2.77. The van der Waals surface area contributed by atoms with E-state index < -0.39 is 0 Å². The van der Waals surface area contributed by atoms with Gasteiger partial charge in [-0.15, -0.1) is 0 Å². The van der Waals surface area contributed by atoms with Crippen LogP contribution in [-0.2, 0) is 9.53 Å². The molecule has 1 atom stereocenters. The molecule has 0 saturated carbocycles. The van der Waals surface area contributed by atoms with Crippen LogP contribution in [0.5, 0.6) is 0 Å². The van der Waals surface area contributed by atoms with Gasteiger partial charge >= 0.3 is 0 Å². The van der Waals surface area contributed by atoms with E-state index in [0.717, 1.165) is 6.42 Å². The molecule has 0 aliphatic heterocycles. The summed E-state index contributed by atoms with van der Waals surface area (Å²) >= 11 is 0. The van der Waals surface area contributed by atoms with Crippen molar-refractivity contribution in [2.24, 2.45) is 5.73 Å². The third-order valence-corrected chi connectivity index (χ3v) is 1.61. The smallest absolute Gasteiger partial charge is 0.248 e. The first kappa shape index (κ1) is 11.4. The van der Waals surface area contributed by atoms with E-state index in [1.54, 1.807) is 11.9 Å². The molecule has 0 radical (unpaired) electrons. The second kappa shape index (κ2) is 5.97. The Bertz CT molecular complexity index is 137. The quantitative estimate of drug-likeness (QED) is 0.629. The molecule has 4 heteroatoms. The number of methoxy groups -OCH3 is 1. The van der Waals surface area contributed by atoms with Gasteiger partial charge in [0, 0.05) is 26.7 Å². The summed E-state index contributed by atoms with van der Waals surface area (Å²) in [7, 11) is 3.26. The van der Waals surface area contributed by atoms with Gasteiger partial charge in [0.25, 0.3) is 0 Å². The average molecular weight is 174 g/mol. The van der Waals surface area contributed by atoms with Crippen LogP contribution in [0.25, 0.3) is 0 Å². The van der Waals surface area contributed by atoms with Gasteiger partial charge in [0.1, 0.15) is 6.61 Å². The van der Waals surface area contributed by atoms with Crippen molar-refractivity contribution in [1.29, 1.82) is 0 Å². The number of nitrogens with zero attached hydrogens (tertiary/aromatic N) is 1. The fraction of sp³-hybridized carbons (Fsp3) is 0.875. The highest BCUT2D eigenvalue weighted by atomic mass is 16.5. The Hall–Kier alpha value is -0.610. The SMILES string of the molecule is COCC(=O)N(C)CCC(C)N. The Morgan fingerprint density at radius 3 is 2.67 bits per heavy atom. The highest BCUT2D eigenvalue weighted by Crippen LogP contribution is 1.92. The highest BCUT2D eigenvalue weighted by Gasteiger charge is 2.07. The predicted octanol–water partition coefficient (Wildman–Crippen LogP) is -0.171. The van der Waals surface area contributed by atoms with Crippen molar-refractivity contribution in [3.63, 3.8) is 0 Å². The van der Waals surface area contributed by atoms with Gasteiger partial charge in [-0.2, -0.15) is 0 Å². The van der Waals surface area contributed by atoms with Crippen molar-refractivity contribution < 1.29 is 9.53 Å². The van der Waals surface area contributed by atoms with E-state index in [-0.39, 0.29) is 18.6 Å². The summed E-state index contributed by atoms with van der Waals surface area (Å²) < 4.78 is 4.71. The van der Waals surface area contributed by atoms with E-state index in [1.165, 1.54) is 7.11 Å². The summed E-state index contributed by atoms with van der Waals surface area (Å²) in [5.41, 5.74) is 5.55. The van der Waals surface area contributed by atoms with Gasteiger partial charge in [0.2, 0.25) is 5.91 Å². The number of hydrogen-bond donors (Lipinski definition) is 1. The molecule has 0 aromatic heterocycles. The van der Waals surface area contributed by atoms with Crippen LogP contribution >= 0.6 is 0 Å². The molecule has 1 unspecified atom stereocenters. The molecule has 0 bridgehead atoms. The maximum atomic E-state index is 11.1. The Morgan fingerprint density at radius 2 is 2.25 bits per heavy atom. The Morgan fingerprint density at radius 1 is 1.67 bits per heavy atom. The molecule has 0 aromatic rings. The molecule has 0 fully saturated rings. The lowest BCUT2D eigenvalue weighted by Crippen LogP contribution is -2.33. The van der Waals surface area contributed by atoms with E-state index >= 15 is 0 Å². The zero-order valence-electron chi connectivity index (χ0n) is 8.04. The largest absolute Gasteiger partial charge is 0.375 e. The number of ether oxygens (including phenoxy) is 1. The van der Waals surface area contributed by atoms with Crippen molar-refractivity contribution in [1.82, 2.24) is 4.90 Å². The van der Waals surface area contributed by atoms with E-state index in [9.17, 15) is 4.79 Å². The van der Waals surface area contributed by atoms with E-state index in [4.69, 9.17) is 10.5 Å². The number of likely N-dealkylation sites (N-methyl/N-ethyl adjacent to an activating group) is 1. The van der Waals surface area contributed by atoms with Crippen molar-refractivity contribution in [2.75, 3.05) is 27.3 Å². The van der Waals surface area contributed by atoms with Crippen LogP contribution in [0.2, 0.25) is 0 Å². The van der Waals surface area contributed by atoms with E-state index in [0.29, 0.717) is 6.54 Å². The van der Waals surface area contributed by atoms with Gasteiger partial charge in [0.15, 0.2) is 0 Å². The van der Waals surface area contributed by atoms with Crippen LogP contribution in [0.1, 0.15) is 13.3 Å². The zero-order valence-corrected chi connectivity index (χ0v) is 8.04. The summed E-state index contributed by atoms with van der Waals surface area (Å²) in [4.78, 5) is 12.7. The van der Waals surface area contributed by atoms with Gasteiger partial charge < -0.3 is 15.4 Å². The summed E-state index contributed by atoms with van der Waals surface area (Å²) in [5.74, 6) is -0.00171. The molecule has 0 spiro atoms. The predicted molar refractivity (Wildman–Crippen MR) is 47.8 cm³/mol. The number of carbonyl (C=O) groups is 1. The fourth-order valence-electron chi connectivity index (χ4n) is 0.756. The monoisotopic (exact) mass is 174 g/mol. The van der Waals surface area contributed by atoms with Gasteiger partial charge in [-0.3, -0.25) is 4.79 Å². The Balaban J connectivity index is 3.56. The zero-order chi connectivity index (χ0) is 9.56. The Kier molecular flexibility index (Phi) is 5.66. The standard InChI is InChI=1S/C8H18N2O2/c1-7(9)4-5-10(2)8(11)6-12-3/h7H,4-6,9H2,1-3H3. The van der Waals surface area contributed by atoms with Gasteiger partial charge in [-0.05, 0) is 13.3 Å². The van der Waals surface area contributed by atoms with Crippen molar-refractivity contribution >= 4 is 5.91 Å². The van der Waals surface area contributed by atoms with Crippen LogP contribution < -0.4 is 5.73 Å². The molecule has 0 saturated heterocycles. The molecule has 72 valence electrons. The first-order valence-electron chi connectivity index (χ1n) is 4.06. The minimum absolute atomic E-state index is 0.00171. The van der Waals surface area contributed by atoms with Gasteiger partial charge in [-0.25, -0.2) is 0 Å². The van der Waals surface area contributed by atoms with Crippen LogP contribution in [0.15, 0.2) is 0 Å². The van der Waals surface area contributed by atoms with E-state index in [1.807, 2.05) is 6.92 Å². The molecular formula is C8H18N2O2. The molecule has 4 nitrogen and oxygen atoms in total. The summed E-state index contributed by atoms with van der Waals surface area (Å²) in [6.07, 6.45) is 0.825. The lowest BCUT2D eigenvalue weighted by molar-refractivity contribution is -0.133. The van der Waals surface area contributed by atoms with Crippen molar-refractivity contribution in [3.05, 3.63) is 0 Å². The molecule has 0 rings (SSSR count). The fourth-order valence-corrected chi connectivity index (χ4v) is 0.756. The topological polar surface area (TPSA) is 55.6 Å². The second-order valence-corrected chi connectivity index (χ2v) is 3.01. The summed E-state index contributed by atoms with van der Waals surface area (Å²) in [6, 6.07) is 0.141. The molecule has 0 aliphatic carbocycles. The second-order valence-electron chi connectivity index (χ2n) is 3.01. The molecule has 0 heterocycles. The number of nitrogens with two attached hydrogens (primary N) is 1. The van der Waals surface area contributed by atoms with Gasteiger partial charge in [-0.1, -0.05) is 0 Å². The minimum atomic E-state index is -0.00171. The maximum absolute atomic E-state index is 11.1. The van der Waals surface area contributed by atoms with Crippen LogP contribution in [-0.4, -0.2) is 44.2 Å². The van der Waals surface area contributed by atoms with Crippen molar-refractivity contribution in [3.8, 4) is 0 Å². The maximum Gasteiger partial charge on any atom is 0.248 e. The molecule has 1 amide bonds. The number of carbonyl (C=O) groups excluding carboxylic acids is 1. The molecule has 0 aromatic carbocycles. The lowest BCUT2D eigenvalue weighted by atomic mass is 10.2. The molecular weight excluding hydrogens is 156 g/mol. The van der Waals surface area contributed by atoms with E-state index in [2.05, 4.69) is 0 Å². The van der Waals surface area contributed by atoms with Crippen LogP contribution in [0.3, 0.4) is 0 Å². The number of rotatable bonds is 5. The normalized spacial score (nSPS) is 12.7. The Labute approximate surface area is 73.7 Å². The highest BCUT2D eigenvalue weighted by molar-refractivity contribution is 5.77. The van der Waals surface area contributed by atoms with Crippen LogP contribution in [0, 0.1) is 0 Å². The lowest BCUT2D eigenvalue weighted by Gasteiger charge is -2.17. The summed E-state index contributed by atoms with van der Waals surface area (Å²) in [5, 5.41) is 0.